The number of para-hydroxylation sites is 8. The molecule has 0 bridgehead atoms. The van der Waals surface area contributed by atoms with Crippen molar-refractivity contribution >= 4 is 74.6 Å². The van der Waals surface area contributed by atoms with Gasteiger partial charge < -0.3 is 24.4 Å². The van der Waals surface area contributed by atoms with Gasteiger partial charge >= 0.3 is 21.1 Å². The Balaban J connectivity index is 0.00000374. The van der Waals surface area contributed by atoms with Crippen LogP contribution in [0, 0.1) is 25.5 Å². The number of anilines is 10. The zero-order valence-corrected chi connectivity index (χ0v) is 32.9. The number of benzene rings is 8. The average Bonchev–Trinajstić information content (AvgIpc) is 3.86. The molecule has 0 N–H and O–H groups in total. The molecule has 5 nitrogen and oxygen atoms in total. The third-order valence-corrected chi connectivity index (χ3v) is 11.5. The van der Waals surface area contributed by atoms with Crippen molar-refractivity contribution in [3.63, 3.8) is 0 Å². The Hall–Kier alpha value is -6.49. The first-order chi connectivity index (χ1) is 27.8. The Morgan fingerprint density at radius 2 is 0.684 bits per heavy atom. The molecule has 0 radical (unpaired) electrons. The molecule has 0 saturated carbocycles. The van der Waals surface area contributed by atoms with E-state index in [0.29, 0.717) is 0 Å². The van der Waals surface area contributed by atoms with Crippen LogP contribution < -0.4 is 35.3 Å². The summed E-state index contributed by atoms with van der Waals surface area (Å²) >= 11 is 0. The van der Waals surface area contributed by atoms with Crippen molar-refractivity contribution in [2.45, 2.75) is 0 Å². The summed E-state index contributed by atoms with van der Waals surface area (Å²) in [6.45, 7) is 4.22. The first-order valence-corrected chi connectivity index (χ1v) is 19.1. The molecule has 0 amide bonds. The van der Waals surface area contributed by atoms with Gasteiger partial charge in [-0.15, -0.1) is 48.0 Å². The number of rotatable bonds is 4. The summed E-state index contributed by atoms with van der Waals surface area (Å²) in [6.07, 6.45) is 0. The molecule has 12 rings (SSSR count). The molecule has 0 unspecified atom stereocenters. The largest absolute Gasteiger partial charge is 4.00 e. The van der Waals surface area contributed by atoms with Gasteiger partial charge in [0.05, 0.1) is 0 Å². The van der Waals surface area contributed by atoms with Gasteiger partial charge in [-0.2, -0.15) is 35.2 Å². The van der Waals surface area contributed by atoms with Gasteiger partial charge in [-0.05, 0) is 60.7 Å². The summed E-state index contributed by atoms with van der Waals surface area (Å²) in [6, 6.07) is 73.0. The fourth-order valence-corrected chi connectivity index (χ4v) is 9.01. The summed E-state index contributed by atoms with van der Waals surface area (Å²) in [5.74, 6) is 0. The van der Waals surface area contributed by atoms with Crippen molar-refractivity contribution in [3.05, 3.63) is 207 Å². The van der Waals surface area contributed by atoms with Crippen LogP contribution in [0.4, 0.5) is 56.9 Å². The number of hydrogen-bond acceptors (Lipinski definition) is 5. The predicted molar refractivity (Wildman–Crippen MR) is 232 cm³/mol. The van der Waals surface area contributed by atoms with Crippen LogP contribution in [0.15, 0.2) is 182 Å². The van der Waals surface area contributed by atoms with Crippen molar-refractivity contribution in [2.75, 3.05) is 24.4 Å². The Morgan fingerprint density at radius 3 is 1.11 bits per heavy atom. The van der Waals surface area contributed by atoms with Crippen molar-refractivity contribution in [1.29, 1.82) is 0 Å². The van der Waals surface area contributed by atoms with Crippen LogP contribution in [-0.4, -0.2) is 6.85 Å². The van der Waals surface area contributed by atoms with E-state index in [4.69, 9.17) is 0 Å². The normalized spacial score (nSPS) is 14.2. The molecule has 4 heterocycles. The molecule has 0 saturated heterocycles. The van der Waals surface area contributed by atoms with E-state index in [1.54, 1.807) is 0 Å². The van der Waals surface area contributed by atoms with Crippen molar-refractivity contribution < 1.29 is 21.1 Å². The Labute approximate surface area is 348 Å². The van der Waals surface area contributed by atoms with Crippen LogP contribution >= 0.6 is 0 Å². The van der Waals surface area contributed by atoms with Crippen LogP contribution in [0.1, 0.15) is 0 Å². The fourth-order valence-electron chi connectivity index (χ4n) is 9.01. The Morgan fingerprint density at radius 1 is 0.333 bits per heavy atom. The van der Waals surface area contributed by atoms with Gasteiger partial charge in [-0.25, -0.2) is 0 Å². The van der Waals surface area contributed by atoms with Crippen molar-refractivity contribution in [3.8, 4) is 22.3 Å². The second-order valence-electron chi connectivity index (χ2n) is 14.5. The number of hydrogen-bond donors (Lipinski definition) is 0. The van der Waals surface area contributed by atoms with Gasteiger partial charge in [0.1, 0.15) is 0 Å². The van der Waals surface area contributed by atoms with E-state index in [1.807, 2.05) is 0 Å². The average molecular weight is 909 g/mol. The minimum atomic E-state index is -0.171. The second kappa shape index (κ2) is 13.3. The SMILES string of the molecule is [Pt+4].[c-]1c(N2[CH-]N(c3ccccc3)c3ccccc32)ccc2c1B1c3[c-]c(N4[CH-]N(c5ccccc5)c5ccccc54)ccc3-c3ccccc3N1c1ccccc1-2. The maximum atomic E-state index is 4.04. The molecule has 4 aliphatic rings. The van der Waals surface area contributed by atoms with Crippen LogP contribution in [0.25, 0.3) is 22.3 Å². The molecule has 0 spiro atoms. The van der Waals surface area contributed by atoms with Gasteiger partial charge in [0.15, 0.2) is 0 Å². The quantitative estimate of drug-likeness (QED) is 0.129. The molecule has 8 aromatic carbocycles. The van der Waals surface area contributed by atoms with E-state index in [9.17, 15) is 0 Å². The molecule has 7 heteroatoms. The van der Waals surface area contributed by atoms with Gasteiger partial charge in [0.25, 0.3) is 6.85 Å². The van der Waals surface area contributed by atoms with Crippen molar-refractivity contribution in [1.82, 2.24) is 0 Å². The molecule has 0 atom stereocenters. The maximum Gasteiger partial charge on any atom is 4.00 e. The Bertz CT molecular complexity index is 2640. The minimum Gasteiger partial charge on any atom is -0.493 e. The fraction of sp³-hybridized carbons (Fsp3) is 0. The van der Waals surface area contributed by atoms with Gasteiger partial charge in [-0.3, -0.25) is 0 Å². The first kappa shape index (κ1) is 33.8. The van der Waals surface area contributed by atoms with Gasteiger partial charge in [0.2, 0.25) is 0 Å². The summed E-state index contributed by atoms with van der Waals surface area (Å²) in [4.78, 5) is 11.6. The van der Waals surface area contributed by atoms with E-state index in [-0.39, 0.29) is 27.9 Å². The molecule has 270 valence electrons. The summed E-state index contributed by atoms with van der Waals surface area (Å²) in [5, 5.41) is 0. The predicted octanol–water partition coefficient (Wildman–Crippen LogP) is 11.0. The molecule has 8 aromatic rings. The van der Waals surface area contributed by atoms with E-state index in [1.165, 1.54) is 33.6 Å². The monoisotopic (exact) mass is 908 g/mol. The molecule has 57 heavy (non-hydrogen) atoms. The van der Waals surface area contributed by atoms with Crippen LogP contribution in [0.3, 0.4) is 0 Å². The first-order valence-electron chi connectivity index (χ1n) is 19.1. The standard InChI is InChI=1S/C50H32BN5.Pt/c1-3-15-35(16-4-1)52-33-54(49-25-13-11-23-47(49)52)37-27-29-39-41-19-7-9-21-45(41)56-46-22-10-8-20-42(46)40-30-28-38(32-44(40)51(56)43(39)31-37)55-34-53(36-17-5-2-6-18-36)48-24-12-14-26-50(48)55;/h1-30,33-34H;/q-4;+4. The van der Waals surface area contributed by atoms with Crippen LogP contribution in [-0.2, 0) is 21.1 Å². The van der Waals surface area contributed by atoms with Crippen LogP contribution in [0.2, 0.25) is 0 Å². The zero-order valence-electron chi connectivity index (χ0n) is 30.6. The van der Waals surface area contributed by atoms with E-state index < -0.39 is 0 Å². The molecule has 0 fully saturated rings. The molecule has 0 aliphatic carbocycles. The van der Waals surface area contributed by atoms with Gasteiger partial charge in [-0.1, -0.05) is 108 Å². The van der Waals surface area contributed by atoms with Gasteiger partial charge in [0, 0.05) is 45.5 Å². The number of nitrogens with zero attached hydrogens (tertiary/aromatic N) is 5. The summed E-state index contributed by atoms with van der Waals surface area (Å²) < 4.78 is 0. The third-order valence-electron chi connectivity index (χ3n) is 11.5. The minimum absolute atomic E-state index is 0. The van der Waals surface area contributed by atoms with Crippen molar-refractivity contribution in [2.24, 2.45) is 0 Å². The molecular weight excluding hydrogens is 876 g/mol. The summed E-state index contributed by atoms with van der Waals surface area (Å²) in [5.41, 5.74) is 18.1. The smallest absolute Gasteiger partial charge is 0.493 e. The van der Waals surface area contributed by atoms with E-state index in [0.717, 1.165) is 56.4 Å². The topological polar surface area (TPSA) is 16.2 Å². The summed E-state index contributed by atoms with van der Waals surface area (Å²) in [7, 11) is 0. The molecule has 0 aromatic heterocycles. The maximum absolute atomic E-state index is 4.04. The number of fused-ring (bicyclic) bond motifs is 13. The zero-order chi connectivity index (χ0) is 36.7. The van der Waals surface area contributed by atoms with E-state index in [2.05, 4.69) is 232 Å². The molecule has 4 aliphatic heterocycles. The van der Waals surface area contributed by atoms with E-state index >= 15 is 0 Å². The third kappa shape index (κ3) is 5.14. The van der Waals surface area contributed by atoms with Crippen LogP contribution in [0.5, 0.6) is 0 Å². The second-order valence-corrected chi connectivity index (χ2v) is 14.5. The Kier molecular flexibility index (Phi) is 7.91. The molecular formula is C50H32BN5Pt.